The molecule has 1 aromatic carbocycles. The van der Waals surface area contributed by atoms with Gasteiger partial charge >= 0.3 is 0 Å². The molecule has 0 unspecified atom stereocenters. The van der Waals surface area contributed by atoms with Crippen LogP contribution in [-0.2, 0) is 0 Å². The van der Waals surface area contributed by atoms with Gasteiger partial charge in [0.25, 0.3) is 0 Å². The molecule has 0 aliphatic heterocycles. The Morgan fingerprint density at radius 2 is 1.76 bits per heavy atom. The number of unbranched alkanes of at least 4 members (excludes halogenated alkanes) is 5. The predicted molar refractivity (Wildman–Crippen MR) is 143 cm³/mol. The molecular weight excluding hydrogens is 433 g/mol. The van der Waals surface area contributed by atoms with E-state index in [9.17, 15) is 4.39 Å². The Hall–Kier alpha value is -2.47. The molecule has 3 rings (SSSR count). The van der Waals surface area contributed by atoms with Gasteiger partial charge in [0.05, 0.1) is 6.61 Å². The largest absolute Gasteiger partial charge is 0.493 e. The van der Waals surface area contributed by atoms with Gasteiger partial charge in [0, 0.05) is 31.1 Å². The lowest BCUT2D eigenvalue weighted by atomic mass is 10.1. The van der Waals surface area contributed by atoms with Gasteiger partial charge in [0.2, 0.25) is 5.13 Å². The van der Waals surface area contributed by atoms with Gasteiger partial charge in [-0.05, 0) is 37.1 Å². The van der Waals surface area contributed by atoms with E-state index in [2.05, 4.69) is 22.2 Å². The summed E-state index contributed by atoms with van der Waals surface area (Å²) in [6, 6.07) is 9.49. The fraction of sp³-hybridized carbons (Fsp3) is 0.481. The molecule has 0 radical (unpaired) electrons. The molecule has 0 saturated heterocycles. The maximum atomic E-state index is 14.3. The van der Waals surface area contributed by atoms with Gasteiger partial charge in [-0.2, -0.15) is 4.39 Å². The molecule has 0 aliphatic carbocycles. The van der Waals surface area contributed by atoms with Crippen LogP contribution in [0.25, 0.3) is 11.3 Å². The topological polar surface area (TPSA) is 47.0 Å². The summed E-state index contributed by atoms with van der Waals surface area (Å²) in [4.78, 5) is 8.42. The maximum absolute atomic E-state index is 14.3. The molecule has 0 amide bonds. The maximum Gasteiger partial charge on any atom is 0.206 e. The number of aromatic nitrogens is 2. The van der Waals surface area contributed by atoms with Crippen LogP contribution in [0.15, 0.2) is 42.7 Å². The highest BCUT2D eigenvalue weighted by molar-refractivity contribution is 7.14. The van der Waals surface area contributed by atoms with E-state index in [0.717, 1.165) is 34.8 Å². The summed E-state index contributed by atoms with van der Waals surface area (Å²) in [6.45, 7) is 13.0. The van der Waals surface area contributed by atoms with Crippen molar-refractivity contribution in [2.45, 2.75) is 80.1 Å². The molecule has 2 aromatic heterocycles. The number of pyridine rings is 1. The number of benzene rings is 1. The van der Waals surface area contributed by atoms with Crippen LogP contribution in [0.3, 0.4) is 0 Å². The van der Waals surface area contributed by atoms with Crippen molar-refractivity contribution < 1.29 is 10.6 Å². The number of nitrogens with zero attached hydrogens (tertiary/aromatic N) is 2. The second kappa shape index (κ2) is 17.1. The zero-order valence-corrected chi connectivity index (χ0v) is 21.9. The molecule has 184 valence electrons. The Morgan fingerprint density at radius 1 is 1.03 bits per heavy atom. The average molecular weight is 476 g/mol. The molecular formula is C27H42FN3OS. The highest BCUT2D eigenvalue weighted by Gasteiger charge is 2.13. The summed E-state index contributed by atoms with van der Waals surface area (Å²) in [7, 11) is 0. The van der Waals surface area contributed by atoms with E-state index < -0.39 is 0 Å². The van der Waals surface area contributed by atoms with Crippen LogP contribution >= 0.6 is 11.3 Å². The number of rotatable bonds is 11. The summed E-state index contributed by atoms with van der Waals surface area (Å²) in [5, 5.41) is 3.37. The highest BCUT2D eigenvalue weighted by Crippen LogP contribution is 2.32. The second-order valence-electron chi connectivity index (χ2n) is 7.10. The minimum atomic E-state index is -0.327. The minimum absolute atomic E-state index is 0. The third-order valence-corrected chi connectivity index (χ3v) is 5.47. The number of halogens is 1. The van der Waals surface area contributed by atoms with E-state index in [1.165, 1.54) is 32.1 Å². The van der Waals surface area contributed by atoms with E-state index in [4.69, 9.17) is 4.74 Å². The van der Waals surface area contributed by atoms with E-state index in [1.807, 2.05) is 52.8 Å². The molecule has 3 aromatic rings. The number of anilines is 2. The first-order valence-electron chi connectivity index (χ1n) is 12.2. The van der Waals surface area contributed by atoms with Crippen molar-refractivity contribution in [1.82, 2.24) is 9.97 Å². The lowest BCUT2D eigenvalue weighted by Gasteiger charge is -2.11. The van der Waals surface area contributed by atoms with E-state index in [0.29, 0.717) is 23.0 Å². The Kier molecular flexibility index (Phi) is 14.8. The van der Waals surface area contributed by atoms with Gasteiger partial charge in [-0.3, -0.25) is 4.98 Å². The molecule has 0 fully saturated rings. The van der Waals surface area contributed by atoms with Crippen molar-refractivity contribution in [3.05, 3.63) is 53.4 Å². The number of ether oxygens (including phenoxy) is 1. The van der Waals surface area contributed by atoms with Crippen LogP contribution < -0.4 is 10.1 Å². The molecule has 33 heavy (non-hydrogen) atoms. The molecule has 1 N–H and O–H groups in total. The van der Waals surface area contributed by atoms with Gasteiger partial charge in [-0.15, -0.1) is 0 Å². The Bertz CT molecular complexity index is 906. The minimum Gasteiger partial charge on any atom is -0.493 e. The van der Waals surface area contributed by atoms with E-state index in [-0.39, 0.29) is 6.56 Å². The summed E-state index contributed by atoms with van der Waals surface area (Å²) in [5.74, 6) is 0.855. The molecule has 0 atom stereocenters. The van der Waals surface area contributed by atoms with Crippen LogP contribution in [0.4, 0.5) is 15.2 Å². The quantitative estimate of drug-likeness (QED) is 0.280. The molecule has 4 nitrogen and oxygen atoms in total. The summed E-state index contributed by atoms with van der Waals surface area (Å²) in [5.41, 5.74) is 2.90. The first-order valence-corrected chi connectivity index (χ1v) is 13.1. The normalized spacial score (nSPS) is 9.91. The van der Waals surface area contributed by atoms with Crippen molar-refractivity contribution in [2.24, 2.45) is 0 Å². The molecule has 6 heteroatoms. The van der Waals surface area contributed by atoms with E-state index in [1.54, 1.807) is 24.5 Å². The first kappa shape index (κ1) is 28.6. The van der Waals surface area contributed by atoms with Crippen molar-refractivity contribution >= 4 is 22.2 Å². The van der Waals surface area contributed by atoms with Crippen LogP contribution in [-0.4, -0.2) is 16.6 Å². The van der Waals surface area contributed by atoms with Gasteiger partial charge < -0.3 is 10.1 Å². The van der Waals surface area contributed by atoms with Crippen molar-refractivity contribution in [3.8, 4) is 17.0 Å². The fourth-order valence-corrected chi connectivity index (χ4v) is 3.79. The Morgan fingerprint density at radius 3 is 2.45 bits per heavy atom. The van der Waals surface area contributed by atoms with Crippen LogP contribution in [0, 0.1) is 12.1 Å². The number of aryl methyl sites for hydroxylation is 1. The number of thiazole rings is 1. The van der Waals surface area contributed by atoms with Crippen LogP contribution in [0.5, 0.6) is 5.75 Å². The van der Waals surface area contributed by atoms with Crippen molar-refractivity contribution in [2.75, 3.05) is 11.9 Å². The zero-order chi connectivity index (χ0) is 24.5. The van der Waals surface area contributed by atoms with Gasteiger partial charge in [0.15, 0.2) is 5.13 Å². The third kappa shape index (κ3) is 9.91. The van der Waals surface area contributed by atoms with Gasteiger partial charge in [-0.1, -0.05) is 84.1 Å². The zero-order valence-electron chi connectivity index (χ0n) is 21.1. The fourth-order valence-electron chi connectivity index (χ4n) is 3.06. The molecule has 0 aliphatic rings. The number of hydrogen-bond acceptors (Lipinski definition) is 5. The highest BCUT2D eigenvalue weighted by atomic mass is 32.1. The molecule has 0 spiro atoms. The predicted octanol–water partition coefficient (Wildman–Crippen LogP) is 9.43. The second-order valence-corrected chi connectivity index (χ2v) is 8.05. The Labute approximate surface area is 205 Å². The lowest BCUT2D eigenvalue weighted by Crippen LogP contribution is -2.00. The first-order chi connectivity index (χ1) is 16.2. The average Bonchev–Trinajstić information content (AvgIpc) is 3.23. The molecule has 2 heterocycles. The summed E-state index contributed by atoms with van der Waals surface area (Å²) < 4.78 is 20.3. The number of hydrogen-bond donors (Lipinski definition) is 1. The van der Waals surface area contributed by atoms with Gasteiger partial charge in [-0.25, -0.2) is 4.98 Å². The summed E-state index contributed by atoms with van der Waals surface area (Å²) in [6.07, 6.45) is 10.7. The molecule has 0 bridgehead atoms. The standard InChI is InChI=1S/C23H28FN3OS.2C2H6.H2/c1-3-4-5-6-7-8-14-28-20-15-19(12-11-17(20)2)26-23-27-21(22(24)29-23)18-10-9-13-25-16-18;2*1-2;/h9-13,15-16H,3-8,14H2,1-2H3,(H,26,27);2*1-2H3;1H. The smallest absolute Gasteiger partial charge is 0.206 e. The van der Waals surface area contributed by atoms with Crippen LogP contribution in [0.2, 0.25) is 0 Å². The van der Waals surface area contributed by atoms with Gasteiger partial charge in [0.1, 0.15) is 11.4 Å². The van der Waals surface area contributed by atoms with Crippen molar-refractivity contribution in [1.29, 1.82) is 0 Å². The summed E-state index contributed by atoms with van der Waals surface area (Å²) >= 11 is 0.987. The third-order valence-electron chi connectivity index (χ3n) is 4.72. The van der Waals surface area contributed by atoms with Crippen LogP contribution in [0.1, 0.15) is 80.1 Å². The monoisotopic (exact) mass is 475 g/mol. The molecule has 0 saturated carbocycles. The van der Waals surface area contributed by atoms with E-state index >= 15 is 0 Å². The van der Waals surface area contributed by atoms with Crippen molar-refractivity contribution in [3.63, 3.8) is 0 Å². The number of nitrogens with one attached hydrogen (secondary N) is 1. The lowest BCUT2D eigenvalue weighted by molar-refractivity contribution is 0.302. The SMILES string of the molecule is CC.CC.CCCCCCCCOc1cc(Nc2nc(-c3cccnc3)c(F)s2)ccc1C.[HH]. The Balaban J connectivity index is 0.00000207.